The topological polar surface area (TPSA) is 86.8 Å². The van der Waals surface area contributed by atoms with Gasteiger partial charge in [-0.1, -0.05) is 72.8 Å². The van der Waals surface area contributed by atoms with Gasteiger partial charge < -0.3 is 10.2 Å². The van der Waals surface area contributed by atoms with Crippen molar-refractivity contribution >= 4 is 38.3 Å². The van der Waals surface area contributed by atoms with Crippen molar-refractivity contribution in [3.8, 4) is 0 Å². The van der Waals surface area contributed by atoms with Crippen molar-refractivity contribution in [1.29, 1.82) is 0 Å². The largest absolute Gasteiger partial charge is 0.357 e. The van der Waals surface area contributed by atoms with Gasteiger partial charge in [0.2, 0.25) is 11.8 Å². The van der Waals surface area contributed by atoms with E-state index in [1.165, 1.54) is 22.3 Å². The maximum atomic E-state index is 14.7. The lowest BCUT2D eigenvalue weighted by molar-refractivity contribution is -0.141. The third-order valence-electron chi connectivity index (χ3n) is 7.25. The molecular formula is C31H30FN3O4S. The molecule has 2 amide bonds. The minimum atomic E-state index is -3.75. The van der Waals surface area contributed by atoms with Crippen LogP contribution in [0.5, 0.6) is 0 Å². The summed E-state index contributed by atoms with van der Waals surface area (Å²) in [5.41, 5.74) is 1.74. The molecule has 1 heterocycles. The van der Waals surface area contributed by atoms with Gasteiger partial charge in [0.05, 0.1) is 10.6 Å². The number of benzene rings is 4. The monoisotopic (exact) mass is 559 g/mol. The fourth-order valence-electron chi connectivity index (χ4n) is 5.25. The Labute approximate surface area is 233 Å². The summed E-state index contributed by atoms with van der Waals surface area (Å²) in [6.07, 6.45) is 0.454. The number of amides is 2. The van der Waals surface area contributed by atoms with Crippen molar-refractivity contribution in [3.05, 3.63) is 108 Å². The van der Waals surface area contributed by atoms with E-state index in [0.29, 0.717) is 16.6 Å². The molecule has 0 saturated carbocycles. The van der Waals surface area contributed by atoms with Crippen LogP contribution in [0.1, 0.15) is 24.0 Å². The molecule has 0 unspecified atom stereocenters. The zero-order valence-corrected chi connectivity index (χ0v) is 22.9. The van der Waals surface area contributed by atoms with E-state index >= 15 is 0 Å². The third-order valence-corrected chi connectivity index (χ3v) is 9.10. The first-order chi connectivity index (χ1) is 19.3. The quantitative estimate of drug-likeness (QED) is 0.306. The molecule has 0 saturated heterocycles. The first-order valence-corrected chi connectivity index (χ1v) is 14.6. The van der Waals surface area contributed by atoms with Crippen LogP contribution in [-0.2, 0) is 32.6 Å². The molecule has 5 rings (SSSR count). The minimum absolute atomic E-state index is 0.0188. The van der Waals surface area contributed by atoms with E-state index in [1.54, 1.807) is 36.4 Å². The Morgan fingerprint density at radius 2 is 1.62 bits per heavy atom. The zero-order chi connectivity index (χ0) is 28.3. The van der Waals surface area contributed by atoms with Gasteiger partial charge in [-0.3, -0.25) is 13.9 Å². The second-order valence-corrected chi connectivity index (χ2v) is 11.6. The lowest BCUT2D eigenvalue weighted by atomic mass is 10.0. The van der Waals surface area contributed by atoms with Crippen molar-refractivity contribution in [3.63, 3.8) is 0 Å². The van der Waals surface area contributed by atoms with E-state index in [2.05, 4.69) is 5.32 Å². The number of halogens is 1. The molecule has 1 aliphatic heterocycles. The highest BCUT2D eigenvalue weighted by atomic mass is 32.2. The van der Waals surface area contributed by atoms with E-state index in [1.807, 2.05) is 48.5 Å². The SMILES string of the molecule is CNC(=O)[C@H](Cc1ccccc1)N(Cc1ccccc1F)C(=O)CCCN1c2cccc3cccc(c23)S1(=O)=O. The fraction of sp³-hybridized carbons (Fsp3) is 0.226. The predicted octanol–water partition coefficient (Wildman–Crippen LogP) is 4.65. The molecule has 40 heavy (non-hydrogen) atoms. The first kappa shape index (κ1) is 27.3. The van der Waals surface area contributed by atoms with Gasteiger partial charge in [-0.25, -0.2) is 12.8 Å². The van der Waals surface area contributed by atoms with Crippen molar-refractivity contribution in [2.45, 2.75) is 36.7 Å². The number of sulfonamides is 1. The smallest absolute Gasteiger partial charge is 0.265 e. The predicted molar refractivity (Wildman–Crippen MR) is 153 cm³/mol. The van der Waals surface area contributed by atoms with Crippen LogP contribution in [0.3, 0.4) is 0 Å². The number of rotatable bonds is 10. The number of carbonyl (C=O) groups is 2. The molecule has 0 aromatic heterocycles. The number of anilines is 1. The van der Waals surface area contributed by atoms with E-state index in [-0.39, 0.29) is 49.1 Å². The second kappa shape index (κ2) is 11.5. The molecule has 1 atom stereocenters. The van der Waals surface area contributed by atoms with Crippen LogP contribution in [-0.4, -0.2) is 44.8 Å². The van der Waals surface area contributed by atoms with Crippen molar-refractivity contribution in [1.82, 2.24) is 10.2 Å². The molecule has 0 aliphatic carbocycles. The van der Waals surface area contributed by atoms with E-state index in [4.69, 9.17) is 0 Å². The Balaban J connectivity index is 1.38. The van der Waals surface area contributed by atoms with Crippen molar-refractivity contribution in [2.75, 3.05) is 17.9 Å². The van der Waals surface area contributed by atoms with Crippen molar-refractivity contribution in [2.24, 2.45) is 0 Å². The van der Waals surface area contributed by atoms with Crippen LogP contribution >= 0.6 is 0 Å². The van der Waals surface area contributed by atoms with Crippen molar-refractivity contribution < 1.29 is 22.4 Å². The van der Waals surface area contributed by atoms with Gasteiger partial charge in [0.15, 0.2) is 0 Å². The first-order valence-electron chi connectivity index (χ1n) is 13.1. The van der Waals surface area contributed by atoms with E-state index in [0.717, 1.165) is 10.9 Å². The van der Waals surface area contributed by atoms with Crippen LogP contribution in [0, 0.1) is 5.82 Å². The average Bonchev–Trinajstić information content (AvgIpc) is 3.19. The lowest BCUT2D eigenvalue weighted by Crippen LogP contribution is -2.50. The maximum absolute atomic E-state index is 14.7. The molecule has 1 aliphatic rings. The molecule has 9 heteroatoms. The maximum Gasteiger partial charge on any atom is 0.265 e. The lowest BCUT2D eigenvalue weighted by Gasteiger charge is -2.31. The number of carbonyl (C=O) groups excluding carboxylic acids is 2. The Morgan fingerprint density at radius 3 is 2.35 bits per heavy atom. The summed E-state index contributed by atoms with van der Waals surface area (Å²) in [6, 6.07) is 25.3. The Morgan fingerprint density at radius 1 is 0.925 bits per heavy atom. The highest BCUT2D eigenvalue weighted by Gasteiger charge is 2.36. The van der Waals surface area contributed by atoms with Gasteiger partial charge in [0.1, 0.15) is 11.9 Å². The summed E-state index contributed by atoms with van der Waals surface area (Å²) in [6.45, 7) is 0.00190. The Bertz CT molecular complexity index is 1650. The normalized spacial score (nSPS) is 14.2. The summed E-state index contributed by atoms with van der Waals surface area (Å²) < 4.78 is 42.7. The van der Waals surface area contributed by atoms with Crippen LogP contribution in [0.15, 0.2) is 95.9 Å². The van der Waals surface area contributed by atoms with E-state index in [9.17, 15) is 22.4 Å². The molecule has 0 radical (unpaired) electrons. The number of nitrogens with zero attached hydrogens (tertiary/aromatic N) is 2. The Hall–Kier alpha value is -4.24. The fourth-order valence-corrected chi connectivity index (χ4v) is 7.00. The number of likely N-dealkylation sites (N-methyl/N-ethyl adjacent to an activating group) is 1. The van der Waals surface area contributed by atoms with Gasteiger partial charge in [0, 0.05) is 43.9 Å². The van der Waals surface area contributed by atoms with Gasteiger partial charge in [-0.05, 0) is 35.6 Å². The Kier molecular flexibility index (Phi) is 7.84. The second-order valence-electron chi connectivity index (χ2n) is 9.74. The van der Waals surface area contributed by atoms with Crippen LogP contribution in [0.25, 0.3) is 10.8 Å². The third kappa shape index (κ3) is 5.29. The molecule has 1 N–H and O–H groups in total. The molecule has 0 bridgehead atoms. The van der Waals surface area contributed by atoms with Crippen LogP contribution < -0.4 is 9.62 Å². The van der Waals surface area contributed by atoms with Crippen LogP contribution in [0.2, 0.25) is 0 Å². The summed E-state index contributed by atoms with van der Waals surface area (Å²) in [5.74, 6) is -1.19. The van der Waals surface area contributed by atoms with Gasteiger partial charge in [-0.2, -0.15) is 0 Å². The van der Waals surface area contributed by atoms with Crippen LogP contribution in [0.4, 0.5) is 10.1 Å². The van der Waals surface area contributed by atoms with Gasteiger partial charge in [-0.15, -0.1) is 0 Å². The summed E-state index contributed by atoms with van der Waals surface area (Å²) >= 11 is 0. The minimum Gasteiger partial charge on any atom is -0.357 e. The molecule has 4 aromatic rings. The highest BCUT2D eigenvalue weighted by molar-refractivity contribution is 7.93. The standard InChI is InChI=1S/C31H30FN3O4S/c1-33-31(37)27(20-22-10-3-2-4-11-22)34(21-24-12-5-6-15-25(24)32)29(36)18-9-19-35-26-16-7-13-23-14-8-17-28(30(23)26)40(35,38)39/h2-8,10-17,27H,9,18-21H2,1H3,(H,33,37)/t27-/m0/s1. The number of hydrogen-bond acceptors (Lipinski definition) is 4. The van der Waals surface area contributed by atoms with Gasteiger partial charge >= 0.3 is 0 Å². The summed E-state index contributed by atoms with van der Waals surface area (Å²) in [4.78, 5) is 28.4. The van der Waals surface area contributed by atoms with E-state index < -0.39 is 21.9 Å². The number of nitrogens with one attached hydrogen (secondary N) is 1. The highest BCUT2D eigenvalue weighted by Crippen LogP contribution is 2.42. The molecule has 0 fully saturated rings. The summed E-state index contributed by atoms with van der Waals surface area (Å²) in [5, 5.41) is 4.16. The average molecular weight is 560 g/mol. The number of hydrogen-bond donors (Lipinski definition) is 1. The molecule has 4 aromatic carbocycles. The molecular weight excluding hydrogens is 529 g/mol. The summed E-state index contributed by atoms with van der Waals surface area (Å²) in [7, 11) is -2.25. The zero-order valence-electron chi connectivity index (χ0n) is 22.1. The molecule has 7 nitrogen and oxygen atoms in total. The molecule has 0 spiro atoms. The van der Waals surface area contributed by atoms with Gasteiger partial charge in [0.25, 0.3) is 10.0 Å². The molecule has 206 valence electrons.